The molecule has 0 spiro atoms. The van der Waals surface area contributed by atoms with E-state index in [1.165, 1.54) is 0 Å². The quantitative estimate of drug-likeness (QED) is 0.507. The second kappa shape index (κ2) is 5.71. The van der Waals surface area contributed by atoms with Gasteiger partial charge < -0.3 is 0 Å². The molecule has 3 heteroatoms. The van der Waals surface area contributed by atoms with Crippen molar-refractivity contribution >= 4 is 39.3 Å². The molecular weight excluding hydrogens is 361 g/mol. The van der Waals surface area contributed by atoms with Gasteiger partial charge in [-0.05, 0) is 52.4 Å². The molecule has 0 radical (unpaired) electrons. The van der Waals surface area contributed by atoms with Crippen LogP contribution in [0.5, 0.6) is 0 Å². The third-order valence-electron chi connectivity index (χ3n) is 3.24. The van der Waals surface area contributed by atoms with E-state index >= 15 is 0 Å². The van der Waals surface area contributed by atoms with Crippen molar-refractivity contribution in [1.29, 1.82) is 0 Å². The monoisotopic (exact) mass is 373 g/mol. The van der Waals surface area contributed by atoms with Crippen molar-refractivity contribution < 1.29 is 4.79 Å². The van der Waals surface area contributed by atoms with Crippen molar-refractivity contribution in [2.75, 3.05) is 0 Å². The molecule has 1 heterocycles. The summed E-state index contributed by atoms with van der Waals surface area (Å²) in [5, 5.41) is 1.05. The number of aromatic nitrogens is 1. The van der Waals surface area contributed by atoms with Gasteiger partial charge in [-0.3, -0.25) is 9.78 Å². The SMILES string of the molecule is O=C(Cc1ccnc2ccccc12)c1cccc(I)c1. The molecule has 0 bridgehead atoms. The van der Waals surface area contributed by atoms with E-state index < -0.39 is 0 Å². The number of halogens is 1. The first-order valence-corrected chi connectivity index (χ1v) is 7.43. The third kappa shape index (κ3) is 2.72. The van der Waals surface area contributed by atoms with E-state index in [4.69, 9.17) is 0 Å². The minimum absolute atomic E-state index is 0.139. The first-order chi connectivity index (χ1) is 9.74. The van der Waals surface area contributed by atoms with Crippen LogP contribution >= 0.6 is 22.6 Å². The van der Waals surface area contributed by atoms with E-state index in [0.29, 0.717) is 6.42 Å². The second-order valence-corrected chi connectivity index (χ2v) is 5.84. The smallest absolute Gasteiger partial charge is 0.167 e. The van der Waals surface area contributed by atoms with Crippen LogP contribution < -0.4 is 0 Å². The summed E-state index contributed by atoms with van der Waals surface area (Å²) in [5.74, 6) is 0.139. The summed E-state index contributed by atoms with van der Waals surface area (Å²) in [6.45, 7) is 0. The molecule has 2 aromatic carbocycles. The van der Waals surface area contributed by atoms with Gasteiger partial charge >= 0.3 is 0 Å². The molecule has 0 N–H and O–H groups in total. The van der Waals surface area contributed by atoms with Gasteiger partial charge in [0.05, 0.1) is 5.52 Å². The number of ketones is 1. The second-order valence-electron chi connectivity index (χ2n) is 4.60. The molecule has 0 saturated carbocycles. The average molecular weight is 373 g/mol. The van der Waals surface area contributed by atoms with E-state index in [1.54, 1.807) is 6.20 Å². The maximum absolute atomic E-state index is 12.4. The van der Waals surface area contributed by atoms with Gasteiger partial charge in [0, 0.05) is 27.1 Å². The van der Waals surface area contributed by atoms with Crippen molar-refractivity contribution in [3.8, 4) is 0 Å². The van der Waals surface area contributed by atoms with Crippen LogP contribution in [0.15, 0.2) is 60.8 Å². The molecule has 20 heavy (non-hydrogen) atoms. The first-order valence-electron chi connectivity index (χ1n) is 6.35. The summed E-state index contributed by atoms with van der Waals surface area (Å²) in [6, 6.07) is 17.5. The number of nitrogens with zero attached hydrogens (tertiary/aromatic N) is 1. The molecule has 98 valence electrons. The minimum atomic E-state index is 0.139. The van der Waals surface area contributed by atoms with Crippen molar-refractivity contribution in [3.05, 3.63) is 75.5 Å². The Bertz CT molecular complexity index is 777. The Morgan fingerprint density at radius 1 is 1.05 bits per heavy atom. The van der Waals surface area contributed by atoms with Crippen molar-refractivity contribution in [1.82, 2.24) is 4.98 Å². The Hall–Kier alpha value is -1.75. The highest BCUT2D eigenvalue weighted by Gasteiger charge is 2.10. The van der Waals surface area contributed by atoms with Crippen LogP contribution in [-0.4, -0.2) is 10.8 Å². The van der Waals surface area contributed by atoms with Gasteiger partial charge in [0.15, 0.2) is 5.78 Å². The molecule has 3 rings (SSSR count). The number of fused-ring (bicyclic) bond motifs is 1. The lowest BCUT2D eigenvalue weighted by Crippen LogP contribution is -2.04. The zero-order valence-corrected chi connectivity index (χ0v) is 12.9. The average Bonchev–Trinajstić information content (AvgIpc) is 2.47. The number of pyridine rings is 1. The van der Waals surface area contributed by atoms with Crippen LogP contribution in [0, 0.1) is 3.57 Å². The van der Waals surface area contributed by atoms with E-state index in [2.05, 4.69) is 27.6 Å². The lowest BCUT2D eigenvalue weighted by molar-refractivity contribution is 0.0993. The largest absolute Gasteiger partial charge is 0.294 e. The van der Waals surface area contributed by atoms with Crippen LogP contribution in [0.1, 0.15) is 15.9 Å². The fraction of sp³-hybridized carbons (Fsp3) is 0.0588. The zero-order chi connectivity index (χ0) is 13.9. The lowest BCUT2D eigenvalue weighted by atomic mass is 10.0. The van der Waals surface area contributed by atoms with Gasteiger partial charge in [0.2, 0.25) is 0 Å². The van der Waals surface area contributed by atoms with E-state index in [-0.39, 0.29) is 5.78 Å². The van der Waals surface area contributed by atoms with E-state index in [0.717, 1.165) is 25.6 Å². The molecule has 0 unspecified atom stereocenters. The standard InChI is InChI=1S/C17H12INO/c18-14-5-3-4-13(10-14)17(20)11-12-8-9-19-16-7-2-1-6-15(12)16/h1-10H,11H2. The Kier molecular flexibility index (Phi) is 3.78. The van der Waals surface area contributed by atoms with Crippen molar-refractivity contribution in [3.63, 3.8) is 0 Å². The summed E-state index contributed by atoms with van der Waals surface area (Å²) in [7, 11) is 0. The van der Waals surface area contributed by atoms with Gasteiger partial charge in [-0.25, -0.2) is 0 Å². The van der Waals surface area contributed by atoms with Crippen LogP contribution in [0.4, 0.5) is 0 Å². The van der Waals surface area contributed by atoms with Gasteiger partial charge in [-0.2, -0.15) is 0 Å². The topological polar surface area (TPSA) is 30.0 Å². The van der Waals surface area contributed by atoms with Crippen molar-refractivity contribution in [2.24, 2.45) is 0 Å². The predicted octanol–water partition coefficient (Wildman–Crippen LogP) is 4.26. The molecule has 0 fully saturated rings. The Morgan fingerprint density at radius 2 is 1.90 bits per heavy atom. The number of carbonyl (C=O) groups excluding carboxylic acids is 1. The lowest BCUT2D eigenvalue weighted by Gasteiger charge is -2.06. The summed E-state index contributed by atoms with van der Waals surface area (Å²) >= 11 is 2.22. The predicted molar refractivity (Wildman–Crippen MR) is 88.9 cm³/mol. The highest BCUT2D eigenvalue weighted by molar-refractivity contribution is 14.1. The van der Waals surface area contributed by atoms with Crippen LogP contribution in [0.2, 0.25) is 0 Å². The molecule has 2 nitrogen and oxygen atoms in total. The van der Waals surface area contributed by atoms with Gasteiger partial charge in [0.25, 0.3) is 0 Å². The summed E-state index contributed by atoms with van der Waals surface area (Å²) < 4.78 is 1.08. The molecule has 0 aliphatic heterocycles. The third-order valence-corrected chi connectivity index (χ3v) is 3.91. The number of benzene rings is 2. The number of hydrogen-bond acceptors (Lipinski definition) is 2. The number of rotatable bonds is 3. The number of para-hydroxylation sites is 1. The highest BCUT2D eigenvalue weighted by atomic mass is 127. The Balaban J connectivity index is 1.95. The molecule has 3 aromatic rings. The van der Waals surface area contributed by atoms with Crippen LogP contribution in [-0.2, 0) is 6.42 Å². The number of Topliss-reactive ketones (excluding diaryl/α,β-unsaturated/α-hetero) is 1. The zero-order valence-electron chi connectivity index (χ0n) is 10.7. The summed E-state index contributed by atoms with van der Waals surface area (Å²) in [6.07, 6.45) is 2.17. The molecule has 0 aliphatic rings. The molecule has 0 atom stereocenters. The fourth-order valence-corrected chi connectivity index (χ4v) is 2.79. The number of hydrogen-bond donors (Lipinski definition) is 0. The molecule has 0 amide bonds. The summed E-state index contributed by atoms with van der Waals surface area (Å²) in [4.78, 5) is 16.7. The molecule has 1 aromatic heterocycles. The van der Waals surface area contributed by atoms with Crippen LogP contribution in [0.3, 0.4) is 0 Å². The molecular formula is C17H12INO. The van der Waals surface area contributed by atoms with Gasteiger partial charge in [-0.1, -0.05) is 30.3 Å². The summed E-state index contributed by atoms with van der Waals surface area (Å²) in [5.41, 5.74) is 2.72. The maximum Gasteiger partial charge on any atom is 0.167 e. The normalized spacial score (nSPS) is 10.7. The minimum Gasteiger partial charge on any atom is -0.294 e. The number of carbonyl (C=O) groups is 1. The molecule has 0 saturated heterocycles. The van der Waals surface area contributed by atoms with Crippen molar-refractivity contribution in [2.45, 2.75) is 6.42 Å². The highest BCUT2D eigenvalue weighted by Crippen LogP contribution is 2.18. The molecule has 0 aliphatic carbocycles. The Morgan fingerprint density at radius 3 is 2.75 bits per heavy atom. The first kappa shape index (κ1) is 13.2. The van der Waals surface area contributed by atoms with Gasteiger partial charge in [-0.15, -0.1) is 0 Å². The van der Waals surface area contributed by atoms with E-state index in [1.807, 2.05) is 54.6 Å². The maximum atomic E-state index is 12.4. The fourth-order valence-electron chi connectivity index (χ4n) is 2.25. The van der Waals surface area contributed by atoms with Gasteiger partial charge in [0.1, 0.15) is 0 Å². The Labute approximate surface area is 131 Å². The van der Waals surface area contributed by atoms with E-state index in [9.17, 15) is 4.79 Å². The van der Waals surface area contributed by atoms with Crippen LogP contribution in [0.25, 0.3) is 10.9 Å².